The molecule has 0 spiro atoms. The molecule has 3 rings (SSSR count). The van der Waals surface area contributed by atoms with E-state index in [2.05, 4.69) is 5.32 Å². The fraction of sp³-hybridized carbons (Fsp3) is 0.318. The van der Waals surface area contributed by atoms with E-state index in [9.17, 15) is 18.8 Å². The van der Waals surface area contributed by atoms with Crippen molar-refractivity contribution in [3.05, 3.63) is 64.5 Å². The number of nitrogens with one attached hydrogen (secondary N) is 1. The van der Waals surface area contributed by atoms with E-state index in [1.807, 2.05) is 13.8 Å². The number of carboxylic acids is 1. The van der Waals surface area contributed by atoms with Crippen molar-refractivity contribution in [1.29, 1.82) is 0 Å². The molecule has 0 aromatic heterocycles. The Labute approximate surface area is 168 Å². The summed E-state index contributed by atoms with van der Waals surface area (Å²) in [4.78, 5) is 37.4. The third-order valence-electron chi connectivity index (χ3n) is 4.84. The van der Waals surface area contributed by atoms with Crippen molar-refractivity contribution in [2.24, 2.45) is 5.92 Å². The van der Waals surface area contributed by atoms with Crippen LogP contribution in [0.25, 0.3) is 0 Å². The molecule has 152 valence electrons. The Morgan fingerprint density at radius 3 is 2.48 bits per heavy atom. The molecule has 2 N–H and O–H groups in total. The quantitative estimate of drug-likeness (QED) is 0.804. The van der Waals surface area contributed by atoms with Crippen LogP contribution in [0.5, 0.6) is 0 Å². The molecule has 1 heterocycles. The molecule has 0 saturated heterocycles. The smallest absolute Gasteiger partial charge is 0.335 e. The minimum absolute atomic E-state index is 0.0438. The number of nitrogens with zero attached hydrogens (tertiary/aromatic N) is 1. The highest BCUT2D eigenvalue weighted by atomic mass is 19.1. The van der Waals surface area contributed by atoms with Gasteiger partial charge in [0.25, 0.3) is 5.91 Å². The molecule has 7 heteroatoms. The third-order valence-corrected chi connectivity index (χ3v) is 4.84. The monoisotopic (exact) mass is 398 g/mol. The van der Waals surface area contributed by atoms with Crippen molar-refractivity contribution in [3.8, 4) is 0 Å². The van der Waals surface area contributed by atoms with Crippen LogP contribution < -0.4 is 5.32 Å². The lowest BCUT2D eigenvalue weighted by Crippen LogP contribution is -2.36. The fourth-order valence-electron chi connectivity index (χ4n) is 3.37. The first-order valence-corrected chi connectivity index (χ1v) is 9.48. The fourth-order valence-corrected chi connectivity index (χ4v) is 3.37. The van der Waals surface area contributed by atoms with Crippen molar-refractivity contribution < 1.29 is 23.9 Å². The second-order valence-electron chi connectivity index (χ2n) is 7.61. The maximum absolute atomic E-state index is 14.4. The summed E-state index contributed by atoms with van der Waals surface area (Å²) in [7, 11) is 0. The van der Waals surface area contributed by atoms with Crippen molar-refractivity contribution in [1.82, 2.24) is 4.90 Å². The van der Waals surface area contributed by atoms with Crippen LogP contribution in [0.4, 0.5) is 10.1 Å². The summed E-state index contributed by atoms with van der Waals surface area (Å²) in [5.74, 6) is -2.15. The van der Waals surface area contributed by atoms with E-state index in [-0.39, 0.29) is 47.5 Å². The molecular formula is C22H23FN2O4. The van der Waals surface area contributed by atoms with Gasteiger partial charge in [-0.1, -0.05) is 19.9 Å². The van der Waals surface area contributed by atoms with Crippen LogP contribution in [0.3, 0.4) is 0 Å². The van der Waals surface area contributed by atoms with E-state index in [1.54, 1.807) is 23.1 Å². The highest BCUT2D eigenvalue weighted by Crippen LogP contribution is 2.24. The van der Waals surface area contributed by atoms with Gasteiger partial charge in [-0.25, -0.2) is 9.18 Å². The van der Waals surface area contributed by atoms with Gasteiger partial charge in [-0.15, -0.1) is 0 Å². The van der Waals surface area contributed by atoms with Crippen LogP contribution in [0.1, 0.15) is 52.1 Å². The van der Waals surface area contributed by atoms with E-state index in [0.717, 1.165) is 17.2 Å². The number of amides is 2. The number of carboxylic acid groups (broad SMARTS) is 1. The molecule has 0 aliphatic carbocycles. The molecule has 2 amide bonds. The lowest BCUT2D eigenvalue weighted by atomic mass is 9.97. The zero-order chi connectivity index (χ0) is 21.1. The predicted molar refractivity (Wildman–Crippen MR) is 106 cm³/mol. The van der Waals surface area contributed by atoms with Gasteiger partial charge in [-0.05, 0) is 53.8 Å². The van der Waals surface area contributed by atoms with Gasteiger partial charge >= 0.3 is 5.97 Å². The number of carbonyl (C=O) groups excluding carboxylic acids is 2. The van der Waals surface area contributed by atoms with Crippen LogP contribution in [0.15, 0.2) is 36.4 Å². The Hall–Kier alpha value is -3.22. The van der Waals surface area contributed by atoms with Gasteiger partial charge < -0.3 is 15.3 Å². The van der Waals surface area contributed by atoms with E-state index >= 15 is 0 Å². The van der Waals surface area contributed by atoms with Crippen LogP contribution in [-0.4, -0.2) is 34.3 Å². The molecule has 0 fully saturated rings. The first-order chi connectivity index (χ1) is 13.7. The summed E-state index contributed by atoms with van der Waals surface area (Å²) in [5.41, 5.74) is 2.19. The Bertz CT molecular complexity index is 971. The molecule has 0 saturated carbocycles. The maximum Gasteiger partial charge on any atom is 0.335 e. The molecule has 0 radical (unpaired) electrons. The van der Waals surface area contributed by atoms with Gasteiger partial charge in [0.1, 0.15) is 5.82 Å². The van der Waals surface area contributed by atoms with Crippen molar-refractivity contribution >= 4 is 23.5 Å². The Kier molecular flexibility index (Phi) is 5.96. The van der Waals surface area contributed by atoms with Crippen LogP contribution in [0, 0.1) is 11.7 Å². The largest absolute Gasteiger partial charge is 0.478 e. The van der Waals surface area contributed by atoms with Crippen molar-refractivity contribution in [2.45, 2.75) is 33.2 Å². The van der Waals surface area contributed by atoms with Gasteiger partial charge in [0.15, 0.2) is 0 Å². The predicted octanol–water partition coefficient (Wildman–Crippen LogP) is 3.71. The summed E-state index contributed by atoms with van der Waals surface area (Å²) in [6, 6.07) is 8.90. The number of rotatable bonds is 5. The number of fused-ring (bicyclic) bond motifs is 1. The van der Waals surface area contributed by atoms with Crippen molar-refractivity contribution in [3.63, 3.8) is 0 Å². The summed E-state index contributed by atoms with van der Waals surface area (Å²) in [5, 5.41) is 11.7. The average Bonchev–Trinajstić information content (AvgIpc) is 2.67. The van der Waals surface area contributed by atoms with Gasteiger partial charge in [0.2, 0.25) is 5.91 Å². The average molecular weight is 398 g/mol. The number of aromatic carboxylic acids is 1. The summed E-state index contributed by atoms with van der Waals surface area (Å²) in [6.45, 7) is 4.53. The molecule has 1 aliphatic heterocycles. The molecule has 0 atom stereocenters. The molecule has 0 unspecified atom stereocenters. The summed E-state index contributed by atoms with van der Waals surface area (Å²) in [6.07, 6.45) is 0.887. The van der Waals surface area contributed by atoms with Gasteiger partial charge in [-0.3, -0.25) is 9.59 Å². The molecule has 0 bridgehead atoms. The highest BCUT2D eigenvalue weighted by Gasteiger charge is 2.23. The lowest BCUT2D eigenvalue weighted by Gasteiger charge is -2.29. The highest BCUT2D eigenvalue weighted by molar-refractivity contribution is 5.96. The van der Waals surface area contributed by atoms with Gasteiger partial charge in [0, 0.05) is 25.1 Å². The summed E-state index contributed by atoms with van der Waals surface area (Å²) >= 11 is 0. The van der Waals surface area contributed by atoms with Crippen LogP contribution in [0.2, 0.25) is 0 Å². The zero-order valence-corrected chi connectivity index (χ0v) is 16.4. The second-order valence-corrected chi connectivity index (χ2v) is 7.61. The van der Waals surface area contributed by atoms with Crippen LogP contribution >= 0.6 is 0 Å². The molecule has 6 nitrogen and oxygen atoms in total. The number of hydrogen-bond acceptors (Lipinski definition) is 3. The molecule has 29 heavy (non-hydrogen) atoms. The van der Waals surface area contributed by atoms with Crippen molar-refractivity contribution in [2.75, 3.05) is 11.9 Å². The Morgan fingerprint density at radius 2 is 1.83 bits per heavy atom. The Morgan fingerprint density at radius 1 is 1.10 bits per heavy atom. The number of anilines is 1. The Balaban J connectivity index is 1.74. The number of halogens is 1. The number of benzene rings is 2. The number of carbonyl (C=O) groups is 3. The SMILES string of the molecule is CC(C)CC(=O)Nc1ccc(C(=O)N2CCc3ccc(C(=O)O)cc3C2)cc1F. The topological polar surface area (TPSA) is 86.7 Å². The lowest BCUT2D eigenvalue weighted by molar-refractivity contribution is -0.116. The van der Waals surface area contributed by atoms with Gasteiger partial charge in [-0.2, -0.15) is 0 Å². The van der Waals surface area contributed by atoms with Gasteiger partial charge in [0.05, 0.1) is 11.3 Å². The first kappa shape index (κ1) is 20.5. The minimum Gasteiger partial charge on any atom is -0.478 e. The van der Waals surface area contributed by atoms with E-state index in [0.29, 0.717) is 13.0 Å². The first-order valence-electron chi connectivity index (χ1n) is 9.48. The molecule has 2 aromatic rings. The van der Waals surface area contributed by atoms with E-state index in [4.69, 9.17) is 5.11 Å². The summed E-state index contributed by atoms with van der Waals surface area (Å²) < 4.78 is 14.4. The van der Waals surface area contributed by atoms with E-state index in [1.165, 1.54) is 12.1 Å². The second kappa shape index (κ2) is 8.43. The standard InChI is InChI=1S/C22H23FN2O4/c1-13(2)9-20(26)24-19-6-5-15(11-18(19)23)21(27)25-8-7-14-3-4-16(22(28)29)10-17(14)12-25/h3-6,10-11,13H,7-9,12H2,1-2H3,(H,24,26)(H,28,29). The van der Waals surface area contributed by atoms with Crippen LogP contribution in [-0.2, 0) is 17.8 Å². The molecule has 1 aliphatic rings. The minimum atomic E-state index is -1.02. The normalized spacial score (nSPS) is 13.2. The van der Waals surface area contributed by atoms with E-state index < -0.39 is 11.8 Å². The zero-order valence-electron chi connectivity index (χ0n) is 16.4. The maximum atomic E-state index is 14.4. The molecular weight excluding hydrogens is 375 g/mol. The third kappa shape index (κ3) is 4.80. The molecule has 2 aromatic carbocycles. The number of hydrogen-bond donors (Lipinski definition) is 2.